The molecule has 1 aromatic heterocycles. The van der Waals surface area contributed by atoms with Crippen molar-refractivity contribution >= 4 is 28.2 Å². The summed E-state index contributed by atoms with van der Waals surface area (Å²) < 4.78 is 12.9. The molecular weight excluding hydrogens is 442 g/mol. The first-order valence-electron chi connectivity index (χ1n) is 11.8. The third-order valence-corrected chi connectivity index (χ3v) is 6.11. The van der Waals surface area contributed by atoms with Crippen LogP contribution in [0.25, 0.3) is 16.6 Å². The molecule has 5 rings (SSSR count). The topological polar surface area (TPSA) is 80.7 Å². The Labute approximate surface area is 204 Å². The van der Waals surface area contributed by atoms with Gasteiger partial charge in [-0.05, 0) is 36.4 Å². The molecule has 1 saturated heterocycles. The van der Waals surface area contributed by atoms with Crippen molar-refractivity contribution in [3.63, 3.8) is 0 Å². The number of hydrogen-bond acceptors (Lipinski definition) is 6. The molecule has 8 heteroatoms. The third-order valence-electron chi connectivity index (χ3n) is 6.11. The molecule has 35 heavy (non-hydrogen) atoms. The second-order valence-corrected chi connectivity index (χ2v) is 8.42. The number of morpholine rings is 1. The van der Waals surface area contributed by atoms with E-state index in [1.54, 1.807) is 7.11 Å². The molecule has 0 aliphatic carbocycles. The first-order chi connectivity index (χ1) is 17.2. The molecule has 0 saturated carbocycles. The van der Waals surface area contributed by atoms with Gasteiger partial charge in [0, 0.05) is 48.9 Å². The van der Waals surface area contributed by atoms with E-state index in [1.807, 2.05) is 77.6 Å². The molecule has 180 valence electrons. The summed E-state index contributed by atoms with van der Waals surface area (Å²) in [5.41, 5.74) is 4.14. The lowest BCUT2D eigenvalue weighted by atomic mass is 10.1. The van der Waals surface area contributed by atoms with Crippen LogP contribution >= 0.6 is 0 Å². The van der Waals surface area contributed by atoms with E-state index in [1.165, 1.54) is 0 Å². The number of carbonyl (C=O) groups is 1. The van der Waals surface area contributed by atoms with Gasteiger partial charge in [-0.1, -0.05) is 24.3 Å². The average Bonchev–Trinajstić information content (AvgIpc) is 3.32. The van der Waals surface area contributed by atoms with E-state index in [0.717, 1.165) is 60.8 Å². The number of nitrogens with zero attached hydrogens (tertiary/aromatic N) is 3. The molecule has 1 aliphatic heterocycles. The number of para-hydroxylation sites is 1. The number of ether oxygens (including phenoxy) is 2. The minimum Gasteiger partial charge on any atom is -0.494 e. The summed E-state index contributed by atoms with van der Waals surface area (Å²) in [6.07, 6.45) is 1.82. The Hall–Kier alpha value is -3.88. The Kier molecular flexibility index (Phi) is 6.92. The molecule has 1 aliphatic rings. The molecule has 0 atom stereocenters. The fraction of sp³-hybridized carbons (Fsp3) is 0.259. The number of amides is 1. The van der Waals surface area contributed by atoms with E-state index in [-0.39, 0.29) is 5.91 Å². The number of aromatic nitrogens is 2. The van der Waals surface area contributed by atoms with Crippen molar-refractivity contribution < 1.29 is 14.3 Å². The summed E-state index contributed by atoms with van der Waals surface area (Å²) in [7, 11) is 1.65. The number of anilines is 2. The number of benzene rings is 3. The predicted molar refractivity (Wildman–Crippen MR) is 137 cm³/mol. The SMILES string of the molecule is COc1cc2c(cnn2-c2cccc(C(=O)NCCN3CCOCC3)c2)cc1Nc1ccccc1. The quantitative estimate of drug-likeness (QED) is 0.407. The maximum absolute atomic E-state index is 12.8. The van der Waals surface area contributed by atoms with Gasteiger partial charge in [-0.3, -0.25) is 9.69 Å². The van der Waals surface area contributed by atoms with E-state index >= 15 is 0 Å². The van der Waals surface area contributed by atoms with Gasteiger partial charge >= 0.3 is 0 Å². The Morgan fingerprint density at radius 2 is 1.89 bits per heavy atom. The molecule has 3 aromatic carbocycles. The molecule has 1 amide bonds. The van der Waals surface area contributed by atoms with Gasteiger partial charge in [0.25, 0.3) is 5.91 Å². The number of methoxy groups -OCH3 is 1. The Morgan fingerprint density at radius 1 is 1.06 bits per heavy atom. The zero-order valence-electron chi connectivity index (χ0n) is 19.7. The van der Waals surface area contributed by atoms with Gasteiger partial charge in [0.05, 0.1) is 43.4 Å². The second kappa shape index (κ2) is 10.6. The van der Waals surface area contributed by atoms with Gasteiger partial charge in [0.2, 0.25) is 0 Å². The highest BCUT2D eigenvalue weighted by Gasteiger charge is 2.14. The van der Waals surface area contributed by atoms with Crippen molar-refractivity contribution in [1.29, 1.82) is 0 Å². The molecule has 4 aromatic rings. The fourth-order valence-corrected chi connectivity index (χ4v) is 4.24. The third kappa shape index (κ3) is 5.29. The summed E-state index contributed by atoms with van der Waals surface area (Å²) in [6, 6.07) is 21.4. The van der Waals surface area contributed by atoms with E-state index in [9.17, 15) is 4.79 Å². The van der Waals surface area contributed by atoms with E-state index in [4.69, 9.17) is 9.47 Å². The van der Waals surface area contributed by atoms with Crippen LogP contribution in [0.2, 0.25) is 0 Å². The summed E-state index contributed by atoms with van der Waals surface area (Å²) >= 11 is 0. The van der Waals surface area contributed by atoms with Gasteiger partial charge in [0.15, 0.2) is 0 Å². The van der Waals surface area contributed by atoms with Crippen molar-refractivity contribution in [2.45, 2.75) is 0 Å². The number of rotatable bonds is 8. The van der Waals surface area contributed by atoms with Crippen molar-refractivity contribution in [2.24, 2.45) is 0 Å². The smallest absolute Gasteiger partial charge is 0.251 e. The van der Waals surface area contributed by atoms with E-state index in [2.05, 4.69) is 20.6 Å². The van der Waals surface area contributed by atoms with Gasteiger partial charge in [0.1, 0.15) is 5.75 Å². The molecular formula is C27H29N5O3. The lowest BCUT2D eigenvalue weighted by Gasteiger charge is -2.26. The van der Waals surface area contributed by atoms with Crippen LogP contribution in [-0.4, -0.2) is 67.1 Å². The van der Waals surface area contributed by atoms with Crippen LogP contribution in [0.3, 0.4) is 0 Å². The lowest BCUT2D eigenvalue weighted by Crippen LogP contribution is -2.41. The normalized spacial score (nSPS) is 14.1. The Balaban J connectivity index is 1.34. The molecule has 0 radical (unpaired) electrons. The highest BCUT2D eigenvalue weighted by Crippen LogP contribution is 2.33. The van der Waals surface area contributed by atoms with Crippen LogP contribution in [0.1, 0.15) is 10.4 Å². The predicted octanol–water partition coefficient (Wildman–Crippen LogP) is 3.84. The summed E-state index contributed by atoms with van der Waals surface area (Å²) in [5.74, 6) is 0.614. The summed E-state index contributed by atoms with van der Waals surface area (Å²) in [6.45, 7) is 4.73. The van der Waals surface area contributed by atoms with E-state index in [0.29, 0.717) is 17.9 Å². The van der Waals surface area contributed by atoms with Gasteiger partial charge in [-0.25, -0.2) is 4.68 Å². The number of nitrogens with one attached hydrogen (secondary N) is 2. The number of carbonyl (C=O) groups excluding carboxylic acids is 1. The maximum Gasteiger partial charge on any atom is 0.251 e. The first kappa shape index (κ1) is 22.9. The lowest BCUT2D eigenvalue weighted by molar-refractivity contribution is 0.0383. The van der Waals surface area contributed by atoms with Crippen LogP contribution in [0, 0.1) is 0 Å². The zero-order chi connectivity index (χ0) is 24.0. The Bertz CT molecular complexity index is 1300. The van der Waals surface area contributed by atoms with Crippen LogP contribution in [0.4, 0.5) is 11.4 Å². The van der Waals surface area contributed by atoms with Crippen LogP contribution in [0.15, 0.2) is 72.9 Å². The monoisotopic (exact) mass is 471 g/mol. The van der Waals surface area contributed by atoms with Crippen molar-refractivity contribution in [1.82, 2.24) is 20.0 Å². The molecule has 1 fully saturated rings. The standard InChI is InChI=1S/C27H29N5O3/c1-34-26-18-25-21(17-24(26)30-22-7-3-2-4-8-22)19-29-32(25)23-9-5-6-20(16-23)27(33)28-10-11-31-12-14-35-15-13-31/h2-9,16-19,30H,10-15H2,1H3,(H,28,33). The van der Waals surface area contributed by atoms with Crippen LogP contribution in [-0.2, 0) is 4.74 Å². The van der Waals surface area contributed by atoms with Gasteiger partial charge in [-0.2, -0.15) is 5.10 Å². The van der Waals surface area contributed by atoms with Crippen molar-refractivity contribution in [3.8, 4) is 11.4 Å². The molecule has 8 nitrogen and oxygen atoms in total. The minimum atomic E-state index is -0.0940. The largest absolute Gasteiger partial charge is 0.494 e. The van der Waals surface area contributed by atoms with Crippen LogP contribution < -0.4 is 15.4 Å². The van der Waals surface area contributed by atoms with Gasteiger partial charge < -0.3 is 20.1 Å². The fourth-order valence-electron chi connectivity index (χ4n) is 4.24. The summed E-state index contributed by atoms with van der Waals surface area (Å²) in [4.78, 5) is 15.1. The minimum absolute atomic E-state index is 0.0940. The molecule has 0 bridgehead atoms. The highest BCUT2D eigenvalue weighted by molar-refractivity contribution is 5.95. The van der Waals surface area contributed by atoms with Crippen molar-refractivity contribution in [2.75, 3.05) is 51.8 Å². The molecule has 0 unspecified atom stereocenters. The van der Waals surface area contributed by atoms with Gasteiger partial charge in [-0.15, -0.1) is 0 Å². The second-order valence-electron chi connectivity index (χ2n) is 8.42. The number of fused-ring (bicyclic) bond motifs is 1. The average molecular weight is 472 g/mol. The molecule has 2 heterocycles. The zero-order valence-corrected chi connectivity index (χ0v) is 19.7. The Morgan fingerprint density at radius 3 is 2.69 bits per heavy atom. The number of hydrogen-bond donors (Lipinski definition) is 2. The summed E-state index contributed by atoms with van der Waals surface area (Å²) in [5, 5.41) is 12.0. The highest BCUT2D eigenvalue weighted by atomic mass is 16.5. The molecule has 2 N–H and O–H groups in total. The van der Waals surface area contributed by atoms with Crippen molar-refractivity contribution in [3.05, 3.63) is 78.5 Å². The first-order valence-corrected chi connectivity index (χ1v) is 11.8. The van der Waals surface area contributed by atoms with Crippen LogP contribution in [0.5, 0.6) is 5.75 Å². The molecule has 0 spiro atoms. The van der Waals surface area contributed by atoms with E-state index < -0.39 is 0 Å². The maximum atomic E-state index is 12.8.